The average Bonchev–Trinajstić information content (AvgIpc) is 2.57. The molecule has 1 aliphatic rings. The summed E-state index contributed by atoms with van der Waals surface area (Å²) in [6.07, 6.45) is -0.486. The van der Waals surface area contributed by atoms with Gasteiger partial charge in [0.25, 0.3) is 5.91 Å². The van der Waals surface area contributed by atoms with Gasteiger partial charge in [-0.1, -0.05) is 35.9 Å². The molecule has 0 spiro atoms. The van der Waals surface area contributed by atoms with Crippen LogP contribution in [0, 0.1) is 13.8 Å². The van der Waals surface area contributed by atoms with E-state index in [1.165, 1.54) is 16.7 Å². The highest BCUT2D eigenvalue weighted by atomic mass is 16.5. The first-order valence-corrected chi connectivity index (χ1v) is 7.87. The van der Waals surface area contributed by atoms with E-state index in [0.29, 0.717) is 6.54 Å². The van der Waals surface area contributed by atoms with Gasteiger partial charge in [0.2, 0.25) is 0 Å². The van der Waals surface area contributed by atoms with Crippen LogP contribution in [0.5, 0.6) is 5.75 Å². The Morgan fingerprint density at radius 3 is 2.83 bits per heavy atom. The number of fused-ring (bicyclic) bond motifs is 1. The van der Waals surface area contributed by atoms with Crippen LogP contribution in [-0.4, -0.2) is 25.6 Å². The maximum absolute atomic E-state index is 12.0. The number of nitrogens with one attached hydrogen (secondary N) is 1. The number of amides is 1. The van der Waals surface area contributed by atoms with Gasteiger partial charge in [0.05, 0.1) is 12.2 Å². The Kier molecular flexibility index (Phi) is 4.24. The Hall–Kier alpha value is -2.49. The number of rotatable bonds is 3. The summed E-state index contributed by atoms with van der Waals surface area (Å²) in [4.78, 5) is 14.3. The second-order valence-electron chi connectivity index (χ2n) is 6.00. The third-order valence-electron chi connectivity index (χ3n) is 4.27. The monoisotopic (exact) mass is 310 g/mol. The van der Waals surface area contributed by atoms with Gasteiger partial charge in [0.1, 0.15) is 5.75 Å². The number of carbonyl (C=O) groups excluding carboxylic acids is 1. The van der Waals surface area contributed by atoms with Crippen molar-refractivity contribution in [3.8, 4) is 5.75 Å². The van der Waals surface area contributed by atoms with Crippen molar-refractivity contribution in [3.05, 3.63) is 59.2 Å². The van der Waals surface area contributed by atoms with Crippen molar-refractivity contribution in [2.75, 3.05) is 18.5 Å². The summed E-state index contributed by atoms with van der Waals surface area (Å²) in [5, 5.41) is 2.68. The zero-order valence-electron chi connectivity index (χ0n) is 13.8. The lowest BCUT2D eigenvalue weighted by Gasteiger charge is -2.35. The van der Waals surface area contributed by atoms with Crippen LogP contribution < -0.4 is 15.0 Å². The lowest BCUT2D eigenvalue weighted by Crippen LogP contribution is -2.48. The zero-order chi connectivity index (χ0) is 16.4. The minimum Gasteiger partial charge on any atom is -0.477 e. The van der Waals surface area contributed by atoms with E-state index in [2.05, 4.69) is 42.3 Å². The first-order chi connectivity index (χ1) is 11.1. The van der Waals surface area contributed by atoms with Gasteiger partial charge in [-0.3, -0.25) is 4.79 Å². The number of para-hydroxylation sites is 2. The fourth-order valence-electron chi connectivity index (χ4n) is 2.93. The Bertz CT molecular complexity index is 727. The molecule has 0 radical (unpaired) electrons. The number of aryl methyl sites for hydroxylation is 2. The molecule has 0 aliphatic carbocycles. The second-order valence-corrected chi connectivity index (χ2v) is 6.00. The molecule has 0 fully saturated rings. The molecule has 3 rings (SSSR count). The van der Waals surface area contributed by atoms with Crippen molar-refractivity contribution < 1.29 is 9.53 Å². The van der Waals surface area contributed by atoms with Crippen LogP contribution in [-0.2, 0) is 11.3 Å². The molecule has 1 atom stereocenters. The van der Waals surface area contributed by atoms with E-state index in [0.717, 1.165) is 18.0 Å². The van der Waals surface area contributed by atoms with Gasteiger partial charge in [-0.25, -0.2) is 0 Å². The summed E-state index contributed by atoms with van der Waals surface area (Å²) in [7, 11) is 1.64. The van der Waals surface area contributed by atoms with Gasteiger partial charge >= 0.3 is 0 Å². The van der Waals surface area contributed by atoms with Crippen LogP contribution in [0.3, 0.4) is 0 Å². The van der Waals surface area contributed by atoms with Crippen LogP contribution in [0.4, 0.5) is 5.69 Å². The maximum atomic E-state index is 12.0. The molecule has 2 aromatic carbocycles. The van der Waals surface area contributed by atoms with Gasteiger partial charge < -0.3 is 15.0 Å². The lowest BCUT2D eigenvalue weighted by atomic mass is 10.0. The smallest absolute Gasteiger partial charge is 0.262 e. The van der Waals surface area contributed by atoms with Crippen molar-refractivity contribution in [2.24, 2.45) is 0 Å². The summed E-state index contributed by atoms with van der Waals surface area (Å²) in [6.45, 7) is 5.53. The molecule has 23 heavy (non-hydrogen) atoms. The standard InChI is InChI=1S/C19H22N2O2/c1-13-8-9-14(2)15(10-13)11-21-12-18(19(22)20-3)23-17-7-5-4-6-16(17)21/h4-10,18H,11-12H2,1-3H3,(H,20,22)/t18-/m1/s1. The van der Waals surface area contributed by atoms with E-state index in [1.807, 2.05) is 24.3 Å². The predicted octanol–water partition coefficient (Wildman–Crippen LogP) is 2.82. The van der Waals surface area contributed by atoms with Gasteiger partial charge in [-0.15, -0.1) is 0 Å². The Morgan fingerprint density at radius 2 is 2.04 bits per heavy atom. The van der Waals surface area contributed by atoms with Gasteiger partial charge in [0, 0.05) is 13.6 Å². The molecule has 0 saturated heterocycles. The SMILES string of the molecule is CNC(=O)[C@H]1CN(Cc2cc(C)ccc2C)c2ccccc2O1. The lowest BCUT2D eigenvalue weighted by molar-refractivity contribution is -0.127. The fraction of sp³-hybridized carbons (Fsp3) is 0.316. The largest absolute Gasteiger partial charge is 0.477 e. The van der Waals surface area contributed by atoms with Crippen LogP contribution in [0.1, 0.15) is 16.7 Å². The molecule has 1 heterocycles. The summed E-state index contributed by atoms with van der Waals surface area (Å²) in [6, 6.07) is 14.4. The van der Waals surface area contributed by atoms with Crippen molar-refractivity contribution >= 4 is 11.6 Å². The van der Waals surface area contributed by atoms with E-state index in [4.69, 9.17) is 4.74 Å². The second kappa shape index (κ2) is 6.32. The fourth-order valence-corrected chi connectivity index (χ4v) is 2.93. The molecule has 4 nitrogen and oxygen atoms in total. The van der Waals surface area contributed by atoms with E-state index < -0.39 is 6.10 Å². The van der Waals surface area contributed by atoms with Crippen molar-refractivity contribution in [1.82, 2.24) is 5.32 Å². The van der Waals surface area contributed by atoms with Gasteiger partial charge in [-0.05, 0) is 37.1 Å². The molecule has 120 valence electrons. The van der Waals surface area contributed by atoms with Crippen molar-refractivity contribution in [3.63, 3.8) is 0 Å². The maximum Gasteiger partial charge on any atom is 0.262 e. The van der Waals surface area contributed by atoms with Gasteiger partial charge in [-0.2, -0.15) is 0 Å². The first kappa shape index (κ1) is 15.4. The molecule has 0 bridgehead atoms. The molecular formula is C19H22N2O2. The van der Waals surface area contributed by atoms with Crippen molar-refractivity contribution in [2.45, 2.75) is 26.5 Å². The molecule has 4 heteroatoms. The number of benzene rings is 2. The Labute approximate surface area is 137 Å². The summed E-state index contributed by atoms with van der Waals surface area (Å²) in [5.74, 6) is 0.670. The van der Waals surface area contributed by atoms with Crippen LogP contribution >= 0.6 is 0 Å². The summed E-state index contributed by atoms with van der Waals surface area (Å²) >= 11 is 0. The predicted molar refractivity (Wildman–Crippen MR) is 91.9 cm³/mol. The molecular weight excluding hydrogens is 288 g/mol. The summed E-state index contributed by atoms with van der Waals surface area (Å²) in [5.41, 5.74) is 4.82. The normalized spacial score (nSPS) is 16.5. The molecule has 0 unspecified atom stereocenters. The van der Waals surface area contributed by atoms with Gasteiger partial charge in [0.15, 0.2) is 6.10 Å². The van der Waals surface area contributed by atoms with Crippen LogP contribution in [0.15, 0.2) is 42.5 Å². The third kappa shape index (κ3) is 3.16. The van der Waals surface area contributed by atoms with E-state index in [-0.39, 0.29) is 5.91 Å². The minimum absolute atomic E-state index is 0.0922. The highest BCUT2D eigenvalue weighted by molar-refractivity contribution is 5.83. The Balaban J connectivity index is 1.93. The molecule has 2 aromatic rings. The van der Waals surface area contributed by atoms with Crippen LogP contribution in [0.25, 0.3) is 0 Å². The highest BCUT2D eigenvalue weighted by Crippen LogP contribution is 2.34. The molecule has 1 amide bonds. The Morgan fingerprint density at radius 1 is 1.26 bits per heavy atom. The topological polar surface area (TPSA) is 41.6 Å². The van der Waals surface area contributed by atoms with E-state index in [9.17, 15) is 4.79 Å². The number of likely N-dealkylation sites (N-methyl/N-ethyl adjacent to an activating group) is 1. The number of ether oxygens (including phenoxy) is 1. The molecule has 0 aromatic heterocycles. The number of nitrogens with zero attached hydrogens (tertiary/aromatic N) is 1. The van der Waals surface area contributed by atoms with E-state index in [1.54, 1.807) is 7.05 Å². The number of hydrogen-bond donors (Lipinski definition) is 1. The minimum atomic E-state index is -0.486. The van der Waals surface area contributed by atoms with Crippen LogP contribution in [0.2, 0.25) is 0 Å². The third-order valence-corrected chi connectivity index (χ3v) is 4.27. The quantitative estimate of drug-likeness (QED) is 0.948. The average molecular weight is 310 g/mol. The highest BCUT2D eigenvalue weighted by Gasteiger charge is 2.30. The molecule has 0 saturated carbocycles. The number of anilines is 1. The summed E-state index contributed by atoms with van der Waals surface area (Å²) < 4.78 is 5.85. The molecule has 1 N–H and O–H groups in total. The molecule has 1 aliphatic heterocycles. The van der Waals surface area contributed by atoms with Crippen molar-refractivity contribution in [1.29, 1.82) is 0 Å². The van der Waals surface area contributed by atoms with E-state index >= 15 is 0 Å². The number of carbonyl (C=O) groups is 1. The first-order valence-electron chi connectivity index (χ1n) is 7.87. The number of hydrogen-bond acceptors (Lipinski definition) is 3. The zero-order valence-corrected chi connectivity index (χ0v) is 13.8.